The Bertz CT molecular complexity index is 485. The molecule has 0 aromatic carbocycles. The lowest BCUT2D eigenvalue weighted by atomic mass is 9.79. The largest absolute Gasteiger partial charge is 0.297 e. The van der Waals surface area contributed by atoms with Crippen molar-refractivity contribution >= 4 is 15.6 Å². The first-order valence-electron chi connectivity index (χ1n) is 6.25. The Balaban J connectivity index is 2.90. The summed E-state index contributed by atoms with van der Waals surface area (Å²) < 4.78 is 23.6. The average Bonchev–Trinajstić information content (AvgIpc) is 2.50. The van der Waals surface area contributed by atoms with Gasteiger partial charge in [-0.3, -0.25) is 4.79 Å². The molecule has 0 bridgehead atoms. The average molecular weight is 271 g/mol. The zero-order chi connectivity index (χ0) is 14.2. The molecule has 1 atom stereocenters. The Morgan fingerprint density at radius 3 is 2.22 bits per heavy atom. The first-order valence-corrected chi connectivity index (χ1v) is 7.97. The summed E-state index contributed by atoms with van der Waals surface area (Å²) in [7, 11) is -3.20. The van der Waals surface area contributed by atoms with Gasteiger partial charge in [0.25, 0.3) is 0 Å². The number of nitriles is 1. The molecular formula is C13H21NO3S. The van der Waals surface area contributed by atoms with Gasteiger partial charge in [0.1, 0.15) is 5.41 Å². The first kappa shape index (κ1) is 15.2. The van der Waals surface area contributed by atoms with E-state index in [4.69, 9.17) is 0 Å². The van der Waals surface area contributed by atoms with E-state index in [0.29, 0.717) is 12.8 Å². The zero-order valence-electron chi connectivity index (χ0n) is 11.5. The molecule has 1 unspecified atom stereocenters. The summed E-state index contributed by atoms with van der Waals surface area (Å²) in [6.45, 7) is 6.89. The molecule has 1 aliphatic carbocycles. The van der Waals surface area contributed by atoms with Crippen molar-refractivity contribution in [2.24, 2.45) is 10.8 Å². The molecule has 1 rings (SSSR count). The van der Waals surface area contributed by atoms with Crippen molar-refractivity contribution in [3.05, 3.63) is 0 Å². The van der Waals surface area contributed by atoms with Gasteiger partial charge in [-0.15, -0.1) is 0 Å². The first-order chi connectivity index (χ1) is 8.07. The third kappa shape index (κ3) is 2.59. The normalized spacial score (nSPS) is 27.4. The van der Waals surface area contributed by atoms with Crippen molar-refractivity contribution in [1.29, 1.82) is 5.26 Å². The lowest BCUT2D eigenvalue weighted by Crippen LogP contribution is -2.34. The third-order valence-electron chi connectivity index (χ3n) is 3.97. The van der Waals surface area contributed by atoms with Crippen LogP contribution >= 0.6 is 0 Å². The fraction of sp³-hybridized carbons (Fsp3) is 0.846. The highest BCUT2D eigenvalue weighted by molar-refractivity contribution is 7.91. The number of nitrogens with zero attached hydrogens (tertiary/aromatic N) is 1. The molecule has 0 radical (unpaired) electrons. The molecule has 4 nitrogen and oxygen atoms in total. The molecule has 0 aromatic heterocycles. The summed E-state index contributed by atoms with van der Waals surface area (Å²) in [6, 6.07) is 2.08. The summed E-state index contributed by atoms with van der Waals surface area (Å²) in [6.07, 6.45) is 1.26. The van der Waals surface area contributed by atoms with Gasteiger partial charge < -0.3 is 0 Å². The Morgan fingerprint density at radius 2 is 1.89 bits per heavy atom. The van der Waals surface area contributed by atoms with E-state index in [0.717, 1.165) is 0 Å². The zero-order valence-corrected chi connectivity index (χ0v) is 12.3. The van der Waals surface area contributed by atoms with Crippen LogP contribution in [-0.4, -0.2) is 25.2 Å². The second-order valence-electron chi connectivity index (χ2n) is 6.07. The van der Waals surface area contributed by atoms with Crippen molar-refractivity contribution in [2.45, 2.75) is 52.2 Å². The summed E-state index contributed by atoms with van der Waals surface area (Å²) in [5.74, 6) is -0.184. The monoisotopic (exact) mass is 271 g/mol. The molecule has 0 spiro atoms. The maximum atomic E-state index is 12.2. The lowest BCUT2D eigenvalue weighted by molar-refractivity contribution is -0.130. The van der Waals surface area contributed by atoms with Crippen molar-refractivity contribution in [3.63, 3.8) is 0 Å². The summed E-state index contributed by atoms with van der Waals surface area (Å²) >= 11 is 0. The van der Waals surface area contributed by atoms with Gasteiger partial charge in [0.15, 0.2) is 15.6 Å². The highest BCUT2D eigenvalue weighted by atomic mass is 32.2. The number of sulfone groups is 1. The number of Topliss-reactive ketones (excluding diaryl/α,β-unsaturated/α-hetero) is 1. The highest BCUT2D eigenvalue weighted by Gasteiger charge is 2.52. The smallest absolute Gasteiger partial charge is 0.158 e. The van der Waals surface area contributed by atoms with Crippen LogP contribution < -0.4 is 0 Å². The molecule has 1 fully saturated rings. The SMILES string of the molecule is CC(C)S(=O)(=O)CCC1(C#N)CCC(C)(C)C1=O. The minimum atomic E-state index is -3.20. The Hall–Kier alpha value is -0.890. The van der Waals surface area contributed by atoms with Gasteiger partial charge in [-0.1, -0.05) is 13.8 Å². The molecule has 5 heteroatoms. The second-order valence-corrected chi connectivity index (χ2v) is 8.75. The Kier molecular flexibility index (Phi) is 3.92. The quantitative estimate of drug-likeness (QED) is 0.784. The predicted octanol–water partition coefficient (Wildman–Crippen LogP) is 2.10. The summed E-state index contributed by atoms with van der Waals surface area (Å²) in [5.41, 5.74) is -1.59. The van der Waals surface area contributed by atoms with E-state index < -0.39 is 25.9 Å². The van der Waals surface area contributed by atoms with Crippen LogP contribution in [-0.2, 0) is 14.6 Å². The minimum Gasteiger partial charge on any atom is -0.297 e. The topological polar surface area (TPSA) is 75.0 Å². The standard InChI is InChI=1S/C13H21NO3S/c1-10(2)18(16,17)8-7-13(9-14)6-5-12(3,4)11(13)15/h10H,5-8H2,1-4H3. The van der Waals surface area contributed by atoms with Crippen molar-refractivity contribution in [3.8, 4) is 6.07 Å². The molecule has 1 saturated carbocycles. The molecule has 1 aliphatic rings. The lowest BCUT2D eigenvalue weighted by Gasteiger charge is -2.22. The Morgan fingerprint density at radius 1 is 1.33 bits per heavy atom. The molecule has 0 amide bonds. The van der Waals surface area contributed by atoms with Gasteiger partial charge in [-0.2, -0.15) is 5.26 Å². The van der Waals surface area contributed by atoms with Crippen LogP contribution in [0, 0.1) is 22.2 Å². The maximum absolute atomic E-state index is 12.2. The van der Waals surface area contributed by atoms with Crippen LogP contribution in [0.4, 0.5) is 0 Å². The van der Waals surface area contributed by atoms with E-state index in [1.165, 1.54) is 0 Å². The van der Waals surface area contributed by atoms with E-state index in [9.17, 15) is 18.5 Å². The van der Waals surface area contributed by atoms with E-state index in [1.807, 2.05) is 13.8 Å². The number of hydrogen-bond donors (Lipinski definition) is 0. The number of carbonyl (C=O) groups excluding carboxylic acids is 1. The third-order valence-corrected chi connectivity index (χ3v) is 6.18. The molecule has 102 valence electrons. The van der Waals surface area contributed by atoms with Crippen LogP contribution in [0.2, 0.25) is 0 Å². The second kappa shape index (κ2) is 4.65. The van der Waals surface area contributed by atoms with Crippen LogP contribution in [0.15, 0.2) is 0 Å². The molecule has 0 N–H and O–H groups in total. The molecule has 0 saturated heterocycles. The van der Waals surface area contributed by atoms with Crippen LogP contribution in [0.1, 0.15) is 47.0 Å². The molecule has 0 heterocycles. The van der Waals surface area contributed by atoms with Gasteiger partial charge in [0.2, 0.25) is 0 Å². The molecule has 0 aliphatic heterocycles. The van der Waals surface area contributed by atoms with E-state index >= 15 is 0 Å². The number of ketones is 1. The van der Waals surface area contributed by atoms with Gasteiger partial charge in [-0.05, 0) is 33.1 Å². The fourth-order valence-corrected chi connectivity index (χ4v) is 3.46. The van der Waals surface area contributed by atoms with Crippen molar-refractivity contribution in [2.75, 3.05) is 5.75 Å². The maximum Gasteiger partial charge on any atom is 0.158 e. The summed E-state index contributed by atoms with van der Waals surface area (Å²) in [4.78, 5) is 12.2. The van der Waals surface area contributed by atoms with E-state index in [-0.39, 0.29) is 18.0 Å². The van der Waals surface area contributed by atoms with E-state index in [1.54, 1.807) is 13.8 Å². The predicted molar refractivity (Wildman–Crippen MR) is 69.6 cm³/mol. The number of hydrogen-bond acceptors (Lipinski definition) is 4. The van der Waals surface area contributed by atoms with Crippen LogP contribution in [0.3, 0.4) is 0 Å². The molecular weight excluding hydrogens is 250 g/mol. The minimum absolute atomic E-state index is 0.0833. The number of carbonyl (C=O) groups is 1. The summed E-state index contributed by atoms with van der Waals surface area (Å²) in [5, 5.41) is 8.83. The van der Waals surface area contributed by atoms with Crippen LogP contribution in [0.5, 0.6) is 0 Å². The van der Waals surface area contributed by atoms with Gasteiger partial charge in [0.05, 0.1) is 17.1 Å². The van der Waals surface area contributed by atoms with Gasteiger partial charge in [-0.25, -0.2) is 8.42 Å². The van der Waals surface area contributed by atoms with Crippen LogP contribution in [0.25, 0.3) is 0 Å². The molecule has 18 heavy (non-hydrogen) atoms. The van der Waals surface area contributed by atoms with Crippen molar-refractivity contribution < 1.29 is 13.2 Å². The number of rotatable bonds is 4. The van der Waals surface area contributed by atoms with Gasteiger partial charge >= 0.3 is 0 Å². The van der Waals surface area contributed by atoms with E-state index in [2.05, 4.69) is 6.07 Å². The van der Waals surface area contributed by atoms with Gasteiger partial charge in [0, 0.05) is 5.41 Å². The Labute approximate surface area is 109 Å². The molecule has 0 aromatic rings. The van der Waals surface area contributed by atoms with Crippen molar-refractivity contribution in [1.82, 2.24) is 0 Å². The highest BCUT2D eigenvalue weighted by Crippen LogP contribution is 2.47. The fourth-order valence-electron chi connectivity index (χ4n) is 2.35.